The number of carbonyl (C=O) groups is 1. The average Bonchev–Trinajstić information content (AvgIpc) is 2.60. The van der Waals surface area contributed by atoms with Gasteiger partial charge in [-0.15, -0.1) is 0 Å². The van der Waals surface area contributed by atoms with Crippen LogP contribution < -0.4 is 5.32 Å². The van der Waals surface area contributed by atoms with Crippen LogP contribution in [0.4, 0.5) is 4.39 Å². The Balaban J connectivity index is 2.86. The molecule has 5 heteroatoms. The molecule has 4 nitrogen and oxygen atoms in total. The van der Waals surface area contributed by atoms with Crippen LogP contribution in [0.5, 0.6) is 5.75 Å². The minimum absolute atomic E-state index is 0.122. The van der Waals surface area contributed by atoms with E-state index >= 15 is 0 Å². The van der Waals surface area contributed by atoms with E-state index in [-0.39, 0.29) is 16.9 Å². The van der Waals surface area contributed by atoms with Gasteiger partial charge >= 0.3 is 0 Å². The standard InChI is InChI=1S/C11H11FN2O2/c1-5-8(11(16)13-2)9-6(14-5)3-4-7(15)10(9)12/h3-4,14-15H,1-2H3,(H,13,16). The highest BCUT2D eigenvalue weighted by atomic mass is 19.1. The van der Waals surface area contributed by atoms with E-state index in [4.69, 9.17) is 0 Å². The van der Waals surface area contributed by atoms with Gasteiger partial charge in [-0.05, 0) is 19.1 Å². The summed E-state index contributed by atoms with van der Waals surface area (Å²) in [5, 5.41) is 11.8. The first-order chi connectivity index (χ1) is 7.56. The van der Waals surface area contributed by atoms with Crippen molar-refractivity contribution >= 4 is 16.8 Å². The summed E-state index contributed by atoms with van der Waals surface area (Å²) in [6, 6.07) is 2.79. The van der Waals surface area contributed by atoms with Gasteiger partial charge in [0.2, 0.25) is 0 Å². The van der Waals surface area contributed by atoms with Crippen molar-refractivity contribution in [3.8, 4) is 5.75 Å². The van der Waals surface area contributed by atoms with Crippen LogP contribution in [0.25, 0.3) is 10.9 Å². The number of aryl methyl sites for hydroxylation is 1. The van der Waals surface area contributed by atoms with Gasteiger partial charge < -0.3 is 15.4 Å². The van der Waals surface area contributed by atoms with Crippen molar-refractivity contribution in [1.29, 1.82) is 0 Å². The van der Waals surface area contributed by atoms with E-state index in [1.807, 2.05) is 0 Å². The van der Waals surface area contributed by atoms with Gasteiger partial charge in [0.25, 0.3) is 5.91 Å². The van der Waals surface area contributed by atoms with Crippen LogP contribution in [0.15, 0.2) is 12.1 Å². The predicted molar refractivity (Wildman–Crippen MR) is 58.0 cm³/mol. The first-order valence-electron chi connectivity index (χ1n) is 4.78. The topological polar surface area (TPSA) is 65.1 Å². The highest BCUT2D eigenvalue weighted by Gasteiger charge is 2.19. The lowest BCUT2D eigenvalue weighted by atomic mass is 10.1. The van der Waals surface area contributed by atoms with Crippen LogP contribution in [-0.4, -0.2) is 23.0 Å². The molecule has 0 aliphatic rings. The fourth-order valence-electron chi connectivity index (χ4n) is 1.77. The summed E-state index contributed by atoms with van der Waals surface area (Å²) in [4.78, 5) is 14.5. The summed E-state index contributed by atoms with van der Waals surface area (Å²) < 4.78 is 13.7. The second-order valence-corrected chi connectivity index (χ2v) is 3.53. The molecule has 3 N–H and O–H groups in total. The van der Waals surface area contributed by atoms with Crippen molar-refractivity contribution in [2.75, 3.05) is 7.05 Å². The molecule has 2 rings (SSSR count). The number of fused-ring (bicyclic) bond motifs is 1. The summed E-state index contributed by atoms with van der Waals surface area (Å²) in [6.45, 7) is 1.68. The monoisotopic (exact) mass is 222 g/mol. The largest absolute Gasteiger partial charge is 0.505 e. The zero-order chi connectivity index (χ0) is 11.9. The molecule has 0 aliphatic heterocycles. The third kappa shape index (κ3) is 1.32. The number of carbonyl (C=O) groups excluding carboxylic acids is 1. The molecule has 16 heavy (non-hydrogen) atoms. The van der Waals surface area contributed by atoms with E-state index in [1.165, 1.54) is 19.2 Å². The number of rotatable bonds is 1. The molecule has 0 saturated carbocycles. The summed E-state index contributed by atoms with van der Waals surface area (Å²) >= 11 is 0. The van der Waals surface area contributed by atoms with Crippen LogP contribution in [0.3, 0.4) is 0 Å². The number of H-pyrrole nitrogens is 1. The number of aromatic amines is 1. The maximum atomic E-state index is 13.7. The molecule has 1 heterocycles. The van der Waals surface area contributed by atoms with E-state index < -0.39 is 11.6 Å². The number of aromatic hydroxyl groups is 1. The van der Waals surface area contributed by atoms with Gasteiger partial charge in [-0.25, -0.2) is 4.39 Å². The normalized spacial score (nSPS) is 10.7. The Labute approximate surface area is 91.1 Å². The molecule has 2 aromatic rings. The third-order valence-electron chi connectivity index (χ3n) is 2.52. The maximum Gasteiger partial charge on any atom is 0.253 e. The number of halogens is 1. The van der Waals surface area contributed by atoms with E-state index in [2.05, 4.69) is 10.3 Å². The minimum atomic E-state index is -0.777. The molecule has 0 unspecified atom stereocenters. The molecule has 1 aromatic carbocycles. The van der Waals surface area contributed by atoms with Crippen LogP contribution in [0.2, 0.25) is 0 Å². The Hall–Kier alpha value is -2.04. The lowest BCUT2D eigenvalue weighted by Crippen LogP contribution is -2.18. The first-order valence-corrected chi connectivity index (χ1v) is 4.78. The number of amides is 1. The molecule has 1 amide bonds. The zero-order valence-corrected chi connectivity index (χ0v) is 8.89. The Kier molecular flexibility index (Phi) is 2.30. The number of benzene rings is 1. The number of nitrogens with one attached hydrogen (secondary N) is 2. The SMILES string of the molecule is CNC(=O)c1c(C)[nH]c2ccc(O)c(F)c12. The van der Waals surface area contributed by atoms with Crippen LogP contribution in [0, 0.1) is 12.7 Å². The number of aromatic nitrogens is 1. The summed E-state index contributed by atoms with van der Waals surface area (Å²) in [7, 11) is 1.47. The molecular weight excluding hydrogens is 211 g/mol. The van der Waals surface area contributed by atoms with Crippen molar-refractivity contribution in [2.45, 2.75) is 6.92 Å². The molecule has 0 fully saturated rings. The smallest absolute Gasteiger partial charge is 0.253 e. The summed E-state index contributed by atoms with van der Waals surface area (Å²) in [6.07, 6.45) is 0. The molecule has 0 radical (unpaired) electrons. The van der Waals surface area contributed by atoms with E-state index in [9.17, 15) is 14.3 Å². The molecular formula is C11H11FN2O2. The molecule has 0 bridgehead atoms. The third-order valence-corrected chi connectivity index (χ3v) is 2.52. The molecule has 0 spiro atoms. The highest BCUT2D eigenvalue weighted by molar-refractivity contribution is 6.08. The Morgan fingerprint density at radius 1 is 1.50 bits per heavy atom. The lowest BCUT2D eigenvalue weighted by molar-refractivity contribution is 0.0964. The maximum absolute atomic E-state index is 13.7. The van der Waals surface area contributed by atoms with Gasteiger partial charge in [-0.3, -0.25) is 4.79 Å². The minimum Gasteiger partial charge on any atom is -0.505 e. The fourth-order valence-corrected chi connectivity index (χ4v) is 1.77. The number of phenolic OH excluding ortho intramolecular Hbond substituents is 1. The van der Waals surface area contributed by atoms with Gasteiger partial charge in [-0.2, -0.15) is 0 Å². The fraction of sp³-hybridized carbons (Fsp3) is 0.182. The van der Waals surface area contributed by atoms with Gasteiger partial charge in [0.05, 0.1) is 10.9 Å². The van der Waals surface area contributed by atoms with Crippen molar-refractivity contribution in [3.05, 3.63) is 29.2 Å². The van der Waals surface area contributed by atoms with Crippen LogP contribution in [0.1, 0.15) is 16.1 Å². The molecule has 0 saturated heterocycles. The highest BCUT2D eigenvalue weighted by Crippen LogP contribution is 2.29. The van der Waals surface area contributed by atoms with Gasteiger partial charge in [0.1, 0.15) is 0 Å². The molecule has 0 atom stereocenters. The molecule has 0 aliphatic carbocycles. The zero-order valence-electron chi connectivity index (χ0n) is 8.89. The molecule has 84 valence electrons. The number of phenols is 1. The first kappa shape index (κ1) is 10.5. The molecule has 1 aromatic heterocycles. The van der Waals surface area contributed by atoms with Gasteiger partial charge in [0, 0.05) is 18.3 Å². The van der Waals surface area contributed by atoms with E-state index in [0.717, 1.165) is 0 Å². The van der Waals surface area contributed by atoms with Gasteiger partial charge in [-0.1, -0.05) is 0 Å². The second-order valence-electron chi connectivity index (χ2n) is 3.53. The van der Waals surface area contributed by atoms with Crippen molar-refractivity contribution in [2.24, 2.45) is 0 Å². The van der Waals surface area contributed by atoms with Gasteiger partial charge in [0.15, 0.2) is 11.6 Å². The van der Waals surface area contributed by atoms with Crippen molar-refractivity contribution in [3.63, 3.8) is 0 Å². The summed E-state index contributed by atoms with van der Waals surface area (Å²) in [5.41, 5.74) is 1.29. The van der Waals surface area contributed by atoms with Crippen molar-refractivity contribution < 1.29 is 14.3 Å². The number of hydrogen-bond acceptors (Lipinski definition) is 2. The summed E-state index contributed by atoms with van der Waals surface area (Å²) in [5.74, 6) is -1.62. The Bertz CT molecular complexity index is 575. The Morgan fingerprint density at radius 3 is 2.81 bits per heavy atom. The Morgan fingerprint density at radius 2 is 2.19 bits per heavy atom. The van der Waals surface area contributed by atoms with Crippen LogP contribution >= 0.6 is 0 Å². The lowest BCUT2D eigenvalue weighted by Gasteiger charge is -2.01. The number of hydrogen-bond donors (Lipinski definition) is 3. The second kappa shape index (κ2) is 3.52. The van der Waals surface area contributed by atoms with E-state index in [1.54, 1.807) is 6.92 Å². The average molecular weight is 222 g/mol. The van der Waals surface area contributed by atoms with E-state index in [0.29, 0.717) is 11.2 Å². The predicted octanol–water partition coefficient (Wildman–Crippen LogP) is 1.68. The quantitative estimate of drug-likeness (QED) is 0.687. The van der Waals surface area contributed by atoms with Crippen molar-refractivity contribution in [1.82, 2.24) is 10.3 Å². The van der Waals surface area contributed by atoms with Crippen LogP contribution in [-0.2, 0) is 0 Å².